The molecule has 1 N–H and O–H groups in total. The molecule has 1 aliphatic rings. The minimum atomic E-state index is -3.28. The summed E-state index contributed by atoms with van der Waals surface area (Å²) < 4.78 is 38.4. The Morgan fingerprint density at radius 1 is 1.28 bits per heavy atom. The summed E-state index contributed by atoms with van der Waals surface area (Å²) in [5.41, 5.74) is 2.43. The number of carbonyl (C=O) groups excluding carboxylic acids is 1. The van der Waals surface area contributed by atoms with Gasteiger partial charge in [-0.25, -0.2) is 17.8 Å². The van der Waals surface area contributed by atoms with E-state index in [0.29, 0.717) is 34.9 Å². The molecule has 0 unspecified atom stereocenters. The number of hydrogen-bond acceptors (Lipinski definition) is 7. The van der Waals surface area contributed by atoms with Gasteiger partial charge >= 0.3 is 0 Å². The molecule has 2 aromatic carbocycles. The molecule has 0 aliphatic carbocycles. The molecule has 1 aromatic heterocycles. The Bertz CT molecular complexity index is 1430. The number of thiazole rings is 1. The van der Waals surface area contributed by atoms with E-state index in [-0.39, 0.29) is 34.9 Å². The lowest BCUT2D eigenvalue weighted by atomic mass is 10.0. The van der Waals surface area contributed by atoms with E-state index in [4.69, 9.17) is 10.2 Å². The lowest BCUT2D eigenvalue weighted by Crippen LogP contribution is -2.26. The summed E-state index contributed by atoms with van der Waals surface area (Å²) in [6.45, 7) is 6.76. The molecule has 0 saturated heterocycles. The van der Waals surface area contributed by atoms with Crippen molar-refractivity contribution in [3.63, 3.8) is 0 Å². The molecule has 0 saturated carbocycles. The van der Waals surface area contributed by atoms with E-state index in [2.05, 4.69) is 24.1 Å². The van der Waals surface area contributed by atoms with Gasteiger partial charge in [0.1, 0.15) is 5.82 Å². The van der Waals surface area contributed by atoms with Gasteiger partial charge in [-0.15, -0.1) is 11.3 Å². The van der Waals surface area contributed by atoms with Gasteiger partial charge in [0.25, 0.3) is 0 Å². The Morgan fingerprint density at radius 3 is 2.61 bits per heavy atom. The Labute approximate surface area is 214 Å². The number of rotatable bonds is 8. The molecule has 36 heavy (non-hydrogen) atoms. The molecular formula is C26H27FN4O3S2. The number of carbonyl (C=O) groups is 1. The number of nitrogens with zero attached hydrogens (tertiary/aromatic N) is 3. The van der Waals surface area contributed by atoms with Crippen LogP contribution in [0, 0.1) is 23.1 Å². The number of benzene rings is 2. The van der Waals surface area contributed by atoms with Crippen molar-refractivity contribution < 1.29 is 17.6 Å². The molecule has 0 fully saturated rings. The Kier molecular flexibility index (Phi) is 7.54. The first-order valence-corrected chi connectivity index (χ1v) is 14.1. The summed E-state index contributed by atoms with van der Waals surface area (Å²) in [5.74, 6) is -0.380. The zero-order valence-corrected chi connectivity index (χ0v) is 21.9. The number of fused-ring (bicyclic) bond motifs is 1. The van der Waals surface area contributed by atoms with Crippen molar-refractivity contribution >= 4 is 32.2 Å². The first-order valence-electron chi connectivity index (χ1n) is 11.6. The summed E-state index contributed by atoms with van der Waals surface area (Å²) in [6.07, 6.45) is 0.106. The topological polar surface area (TPSA) is 103 Å². The van der Waals surface area contributed by atoms with Crippen LogP contribution in [0.3, 0.4) is 0 Å². The maximum absolute atomic E-state index is 14.5. The van der Waals surface area contributed by atoms with Crippen LogP contribution in [-0.4, -0.2) is 30.0 Å². The van der Waals surface area contributed by atoms with Crippen molar-refractivity contribution in [3.05, 3.63) is 75.5 Å². The van der Waals surface area contributed by atoms with Crippen molar-refractivity contribution in [2.24, 2.45) is 5.92 Å². The zero-order chi connectivity index (χ0) is 26.0. The smallest absolute Gasteiger partial charge is 0.230 e. The highest BCUT2D eigenvalue weighted by molar-refractivity contribution is 7.91. The van der Waals surface area contributed by atoms with Gasteiger partial charge in [0, 0.05) is 23.5 Å². The average molecular weight is 527 g/mol. The fourth-order valence-electron chi connectivity index (χ4n) is 4.40. The van der Waals surface area contributed by atoms with Gasteiger partial charge < -0.3 is 5.32 Å². The number of sulfone groups is 1. The van der Waals surface area contributed by atoms with Gasteiger partial charge in [0.15, 0.2) is 15.0 Å². The number of amides is 1. The van der Waals surface area contributed by atoms with Crippen LogP contribution in [0.1, 0.15) is 54.1 Å². The second-order valence-corrected chi connectivity index (χ2v) is 12.5. The molecule has 4 rings (SSSR count). The molecule has 3 aromatic rings. The summed E-state index contributed by atoms with van der Waals surface area (Å²) >= 11 is 1.41. The first kappa shape index (κ1) is 25.9. The van der Waals surface area contributed by atoms with E-state index in [9.17, 15) is 17.6 Å². The molecule has 7 nitrogen and oxygen atoms in total. The molecule has 188 valence electrons. The van der Waals surface area contributed by atoms with Crippen molar-refractivity contribution in [3.8, 4) is 6.07 Å². The number of aromatic nitrogens is 1. The first-order chi connectivity index (χ1) is 17.1. The molecule has 0 bridgehead atoms. The minimum Gasteiger partial charge on any atom is -0.302 e. The molecule has 0 spiro atoms. The van der Waals surface area contributed by atoms with E-state index in [1.165, 1.54) is 29.5 Å². The van der Waals surface area contributed by atoms with Gasteiger partial charge in [-0.05, 0) is 35.7 Å². The second kappa shape index (κ2) is 10.5. The normalized spacial score (nSPS) is 15.6. The average Bonchev–Trinajstić information content (AvgIpc) is 3.36. The third-order valence-corrected chi connectivity index (χ3v) is 8.93. The summed E-state index contributed by atoms with van der Waals surface area (Å²) in [7, 11) is -3.28. The number of anilines is 1. The SMILES string of the molecule is CCS(=O)(=O)c1ccc(CC(=O)Nc2nc3c(s2)CN(Cc2ccc(C#N)cc2F)[C@H]3C(C)C)cc1. The van der Waals surface area contributed by atoms with Crippen LogP contribution in [-0.2, 0) is 34.1 Å². The largest absolute Gasteiger partial charge is 0.302 e. The van der Waals surface area contributed by atoms with Gasteiger partial charge in [0.2, 0.25) is 5.91 Å². The van der Waals surface area contributed by atoms with Crippen molar-refractivity contribution in [1.82, 2.24) is 9.88 Å². The van der Waals surface area contributed by atoms with E-state index in [1.54, 1.807) is 31.2 Å². The van der Waals surface area contributed by atoms with Crippen LogP contribution in [0.25, 0.3) is 0 Å². The van der Waals surface area contributed by atoms with E-state index in [1.807, 2.05) is 6.07 Å². The van der Waals surface area contributed by atoms with Crippen LogP contribution in [0.15, 0.2) is 47.4 Å². The van der Waals surface area contributed by atoms with Gasteiger partial charge in [-0.3, -0.25) is 9.69 Å². The molecular weight excluding hydrogens is 499 g/mol. The monoisotopic (exact) mass is 526 g/mol. The Hall–Kier alpha value is -3.13. The fraction of sp³-hybridized carbons (Fsp3) is 0.346. The number of nitriles is 1. The molecule has 1 aliphatic heterocycles. The zero-order valence-electron chi connectivity index (χ0n) is 20.3. The molecule has 1 amide bonds. The molecule has 10 heteroatoms. The number of hydrogen-bond donors (Lipinski definition) is 1. The minimum absolute atomic E-state index is 0.0231. The molecule has 0 radical (unpaired) electrons. The van der Waals surface area contributed by atoms with E-state index in [0.717, 1.165) is 10.6 Å². The second-order valence-electron chi connectivity index (χ2n) is 9.11. The fourth-order valence-corrected chi connectivity index (χ4v) is 6.33. The quantitative estimate of drug-likeness (QED) is 0.451. The van der Waals surface area contributed by atoms with E-state index >= 15 is 0 Å². The van der Waals surface area contributed by atoms with Crippen LogP contribution < -0.4 is 5.32 Å². The highest BCUT2D eigenvalue weighted by Gasteiger charge is 2.36. The predicted molar refractivity (Wildman–Crippen MR) is 137 cm³/mol. The Morgan fingerprint density at radius 2 is 2.00 bits per heavy atom. The lowest BCUT2D eigenvalue weighted by molar-refractivity contribution is -0.115. The van der Waals surface area contributed by atoms with Gasteiger partial charge in [-0.2, -0.15) is 5.26 Å². The Balaban J connectivity index is 1.43. The summed E-state index contributed by atoms with van der Waals surface area (Å²) in [4.78, 5) is 20.8. The molecule has 2 heterocycles. The number of halogens is 1. The van der Waals surface area contributed by atoms with Crippen LogP contribution in [0.5, 0.6) is 0 Å². The molecule has 1 atom stereocenters. The maximum Gasteiger partial charge on any atom is 0.230 e. The number of nitrogens with one attached hydrogen (secondary N) is 1. The van der Waals surface area contributed by atoms with Crippen molar-refractivity contribution in [1.29, 1.82) is 5.26 Å². The highest BCUT2D eigenvalue weighted by atomic mass is 32.2. The predicted octanol–water partition coefficient (Wildman–Crippen LogP) is 4.84. The van der Waals surface area contributed by atoms with E-state index < -0.39 is 15.7 Å². The van der Waals surface area contributed by atoms with Crippen molar-refractivity contribution in [2.45, 2.75) is 51.2 Å². The third-order valence-electron chi connectivity index (χ3n) is 6.21. The van der Waals surface area contributed by atoms with Crippen molar-refractivity contribution in [2.75, 3.05) is 11.1 Å². The highest BCUT2D eigenvalue weighted by Crippen LogP contribution is 2.43. The summed E-state index contributed by atoms with van der Waals surface area (Å²) in [5, 5.41) is 12.4. The van der Waals surface area contributed by atoms with Crippen LogP contribution in [0.4, 0.5) is 9.52 Å². The van der Waals surface area contributed by atoms with Gasteiger partial charge in [0.05, 0.1) is 40.4 Å². The standard InChI is InChI=1S/C26H27FN4O3S2/c1-4-36(33,34)20-9-6-17(7-10-20)12-23(32)29-26-30-24-22(35-26)15-31(25(24)16(2)3)14-19-8-5-18(13-28)11-21(19)27/h5-11,16,25H,4,12,14-15H2,1-3H3,(H,29,30,32)/t25-/m0/s1. The summed E-state index contributed by atoms with van der Waals surface area (Å²) in [6, 6.07) is 12.8. The van der Waals surface area contributed by atoms with Crippen LogP contribution in [0.2, 0.25) is 0 Å². The lowest BCUT2D eigenvalue weighted by Gasteiger charge is -2.27. The third kappa shape index (κ3) is 5.48. The maximum atomic E-state index is 14.5. The van der Waals surface area contributed by atoms with Crippen LogP contribution >= 0.6 is 11.3 Å². The van der Waals surface area contributed by atoms with Gasteiger partial charge in [-0.1, -0.05) is 39.0 Å².